The molecule has 0 aliphatic rings. The number of benzene rings is 2. The number of hydrogen-bond acceptors (Lipinski definition) is 5. The van der Waals surface area contributed by atoms with E-state index in [1.165, 1.54) is 11.1 Å². The van der Waals surface area contributed by atoms with Crippen molar-refractivity contribution in [3.63, 3.8) is 0 Å². The first kappa shape index (κ1) is 16.2. The standard InChI is InChI=1S/C18H18ClN5/c1-12-3-8-16(9-13(12)2)22-17-11-21-24-18(23-17)20-10-14-4-6-15(19)7-5-14/h3-9,11H,10H2,1-2H3,(H2,20,22,23,24). The summed E-state index contributed by atoms with van der Waals surface area (Å²) in [6.07, 6.45) is 1.60. The van der Waals surface area contributed by atoms with Crippen molar-refractivity contribution in [2.75, 3.05) is 10.6 Å². The Morgan fingerprint density at radius 3 is 2.54 bits per heavy atom. The van der Waals surface area contributed by atoms with Gasteiger partial charge in [-0.1, -0.05) is 29.8 Å². The van der Waals surface area contributed by atoms with E-state index < -0.39 is 0 Å². The molecule has 1 heterocycles. The summed E-state index contributed by atoms with van der Waals surface area (Å²) >= 11 is 5.88. The molecule has 0 saturated heterocycles. The Bertz CT molecular complexity index is 833. The molecule has 24 heavy (non-hydrogen) atoms. The average Bonchev–Trinajstić information content (AvgIpc) is 2.58. The van der Waals surface area contributed by atoms with E-state index in [9.17, 15) is 0 Å². The van der Waals surface area contributed by atoms with Gasteiger partial charge in [-0.15, -0.1) is 5.10 Å². The van der Waals surface area contributed by atoms with Gasteiger partial charge in [0.25, 0.3) is 0 Å². The molecular weight excluding hydrogens is 322 g/mol. The molecule has 5 nitrogen and oxygen atoms in total. The van der Waals surface area contributed by atoms with E-state index in [4.69, 9.17) is 11.6 Å². The molecule has 1 aromatic heterocycles. The van der Waals surface area contributed by atoms with Crippen LogP contribution >= 0.6 is 11.6 Å². The zero-order valence-electron chi connectivity index (χ0n) is 13.5. The second-order valence-corrected chi connectivity index (χ2v) is 6.01. The maximum atomic E-state index is 5.88. The molecule has 0 aliphatic heterocycles. The largest absolute Gasteiger partial charge is 0.349 e. The first-order valence-electron chi connectivity index (χ1n) is 7.62. The molecule has 3 rings (SSSR count). The summed E-state index contributed by atoms with van der Waals surface area (Å²) in [5.41, 5.74) is 4.55. The fourth-order valence-electron chi connectivity index (χ4n) is 2.19. The summed E-state index contributed by atoms with van der Waals surface area (Å²) in [7, 11) is 0. The Morgan fingerprint density at radius 2 is 1.79 bits per heavy atom. The minimum absolute atomic E-state index is 0.471. The predicted molar refractivity (Wildman–Crippen MR) is 97.8 cm³/mol. The molecule has 0 unspecified atom stereocenters. The summed E-state index contributed by atoms with van der Waals surface area (Å²) in [6, 6.07) is 13.8. The lowest BCUT2D eigenvalue weighted by atomic mass is 10.1. The van der Waals surface area contributed by atoms with Gasteiger partial charge in [-0.2, -0.15) is 10.1 Å². The number of aryl methyl sites for hydroxylation is 2. The van der Waals surface area contributed by atoms with Crippen LogP contribution in [0.5, 0.6) is 0 Å². The van der Waals surface area contributed by atoms with Crippen LogP contribution in [0.3, 0.4) is 0 Å². The SMILES string of the molecule is Cc1ccc(Nc2cnnc(NCc3ccc(Cl)cc3)n2)cc1C. The Hall–Kier alpha value is -2.66. The van der Waals surface area contributed by atoms with Crippen LogP contribution in [-0.2, 0) is 6.54 Å². The number of nitrogens with one attached hydrogen (secondary N) is 2. The van der Waals surface area contributed by atoms with Crippen molar-refractivity contribution in [3.05, 3.63) is 70.4 Å². The second kappa shape index (κ2) is 7.27. The highest BCUT2D eigenvalue weighted by Gasteiger charge is 2.03. The van der Waals surface area contributed by atoms with Gasteiger partial charge in [-0.3, -0.25) is 0 Å². The van der Waals surface area contributed by atoms with E-state index in [1.54, 1.807) is 6.20 Å². The molecule has 0 saturated carbocycles. The summed E-state index contributed by atoms with van der Waals surface area (Å²) < 4.78 is 0. The lowest BCUT2D eigenvalue weighted by Gasteiger charge is -2.09. The van der Waals surface area contributed by atoms with Gasteiger partial charge in [0.05, 0.1) is 6.20 Å². The second-order valence-electron chi connectivity index (χ2n) is 5.57. The van der Waals surface area contributed by atoms with E-state index in [1.807, 2.05) is 30.3 Å². The molecule has 0 bridgehead atoms. The smallest absolute Gasteiger partial charge is 0.244 e. The van der Waals surface area contributed by atoms with E-state index >= 15 is 0 Å². The minimum atomic E-state index is 0.471. The van der Waals surface area contributed by atoms with Gasteiger partial charge >= 0.3 is 0 Å². The van der Waals surface area contributed by atoms with E-state index in [2.05, 4.69) is 51.8 Å². The van der Waals surface area contributed by atoms with Gasteiger partial charge < -0.3 is 10.6 Å². The van der Waals surface area contributed by atoms with E-state index in [0.29, 0.717) is 18.3 Å². The van der Waals surface area contributed by atoms with Crippen LogP contribution in [0.25, 0.3) is 0 Å². The first-order chi connectivity index (χ1) is 11.6. The van der Waals surface area contributed by atoms with Gasteiger partial charge in [0, 0.05) is 17.3 Å². The molecule has 0 radical (unpaired) electrons. The first-order valence-corrected chi connectivity index (χ1v) is 8.00. The zero-order chi connectivity index (χ0) is 16.9. The molecule has 0 amide bonds. The molecule has 0 spiro atoms. The summed E-state index contributed by atoms with van der Waals surface area (Å²) in [6.45, 7) is 4.77. The third kappa shape index (κ3) is 4.20. The molecular formula is C18H18ClN5. The Balaban J connectivity index is 1.67. The normalized spacial score (nSPS) is 10.5. The maximum Gasteiger partial charge on any atom is 0.244 e. The van der Waals surface area contributed by atoms with Gasteiger partial charge in [-0.05, 0) is 54.8 Å². The van der Waals surface area contributed by atoms with Gasteiger partial charge in [-0.25, -0.2) is 0 Å². The van der Waals surface area contributed by atoms with Crippen LogP contribution in [0.4, 0.5) is 17.5 Å². The fraction of sp³-hybridized carbons (Fsp3) is 0.167. The monoisotopic (exact) mass is 339 g/mol. The molecule has 2 aromatic carbocycles. The molecule has 122 valence electrons. The zero-order valence-corrected chi connectivity index (χ0v) is 14.3. The highest BCUT2D eigenvalue weighted by atomic mass is 35.5. The number of anilines is 3. The summed E-state index contributed by atoms with van der Waals surface area (Å²) in [5, 5.41) is 15.1. The average molecular weight is 340 g/mol. The van der Waals surface area contributed by atoms with Crippen LogP contribution in [0.15, 0.2) is 48.7 Å². The van der Waals surface area contributed by atoms with Crippen molar-refractivity contribution >= 4 is 29.1 Å². The van der Waals surface area contributed by atoms with Crippen molar-refractivity contribution in [3.8, 4) is 0 Å². The molecule has 6 heteroatoms. The third-order valence-electron chi connectivity index (χ3n) is 3.70. The van der Waals surface area contributed by atoms with Gasteiger partial charge in [0.15, 0.2) is 5.82 Å². The highest BCUT2D eigenvalue weighted by Crippen LogP contribution is 2.18. The van der Waals surface area contributed by atoms with Gasteiger partial charge in [0.1, 0.15) is 0 Å². The van der Waals surface area contributed by atoms with Crippen LogP contribution in [0, 0.1) is 13.8 Å². The topological polar surface area (TPSA) is 62.7 Å². The Morgan fingerprint density at radius 1 is 1.00 bits per heavy atom. The molecule has 0 fully saturated rings. The minimum Gasteiger partial charge on any atom is -0.349 e. The maximum absolute atomic E-state index is 5.88. The van der Waals surface area contributed by atoms with Crippen LogP contribution in [-0.4, -0.2) is 15.2 Å². The summed E-state index contributed by atoms with van der Waals surface area (Å²) in [4.78, 5) is 4.43. The number of hydrogen-bond donors (Lipinski definition) is 2. The highest BCUT2D eigenvalue weighted by molar-refractivity contribution is 6.30. The number of aromatic nitrogens is 3. The molecule has 3 aromatic rings. The van der Waals surface area contributed by atoms with Crippen molar-refractivity contribution in [2.45, 2.75) is 20.4 Å². The van der Waals surface area contributed by atoms with Crippen molar-refractivity contribution < 1.29 is 0 Å². The van der Waals surface area contributed by atoms with Gasteiger partial charge in [0.2, 0.25) is 5.95 Å². The van der Waals surface area contributed by atoms with E-state index in [0.717, 1.165) is 16.3 Å². The summed E-state index contributed by atoms with van der Waals surface area (Å²) in [5.74, 6) is 1.12. The molecule has 0 aliphatic carbocycles. The van der Waals surface area contributed by atoms with Crippen LogP contribution in [0.2, 0.25) is 5.02 Å². The third-order valence-corrected chi connectivity index (χ3v) is 3.95. The number of rotatable bonds is 5. The molecule has 2 N–H and O–H groups in total. The Kier molecular flexibility index (Phi) is 4.91. The van der Waals surface area contributed by atoms with Crippen LogP contribution < -0.4 is 10.6 Å². The lowest BCUT2D eigenvalue weighted by Crippen LogP contribution is -2.06. The Labute approximate surface area is 146 Å². The number of nitrogens with zero attached hydrogens (tertiary/aromatic N) is 3. The lowest BCUT2D eigenvalue weighted by molar-refractivity contribution is 0.949. The fourth-order valence-corrected chi connectivity index (χ4v) is 2.32. The van der Waals surface area contributed by atoms with Crippen molar-refractivity contribution in [1.29, 1.82) is 0 Å². The number of halogens is 1. The molecule has 0 atom stereocenters. The predicted octanol–water partition coefficient (Wildman–Crippen LogP) is 4.50. The van der Waals surface area contributed by atoms with Crippen LogP contribution in [0.1, 0.15) is 16.7 Å². The van der Waals surface area contributed by atoms with E-state index in [-0.39, 0.29) is 0 Å². The van der Waals surface area contributed by atoms with Crippen molar-refractivity contribution in [1.82, 2.24) is 15.2 Å². The van der Waals surface area contributed by atoms with Crippen molar-refractivity contribution in [2.24, 2.45) is 0 Å². The quantitative estimate of drug-likeness (QED) is 0.716.